The zero-order valence-corrected chi connectivity index (χ0v) is 29.9. The molecule has 11 rings (SSSR count). The molecule has 0 radical (unpaired) electrons. The molecule has 0 saturated carbocycles. The summed E-state index contributed by atoms with van der Waals surface area (Å²) in [5.41, 5.74) is 10.7. The Balaban J connectivity index is 1.13. The number of thiophene rings is 1. The van der Waals surface area contributed by atoms with Gasteiger partial charge in [0.1, 0.15) is 5.65 Å². The SMILES string of the molecule is CC1(C)c2c(-c3nc(-c4ccccc4)nc(-c4ccc5sc6ccccc6c5c4)n3)cccc2-c2cccc(-n3c4ccccc4c4cccnc43)c21. The monoisotopic (exact) mass is 697 g/mol. The van der Waals surface area contributed by atoms with E-state index < -0.39 is 5.41 Å². The van der Waals surface area contributed by atoms with E-state index in [0.717, 1.165) is 38.9 Å². The van der Waals surface area contributed by atoms with Crippen molar-refractivity contribution >= 4 is 53.4 Å². The molecule has 0 spiro atoms. The summed E-state index contributed by atoms with van der Waals surface area (Å²) in [6.45, 7) is 4.67. The second kappa shape index (κ2) is 11.2. The summed E-state index contributed by atoms with van der Waals surface area (Å²) < 4.78 is 4.87. The number of hydrogen-bond acceptors (Lipinski definition) is 5. The number of nitrogens with zero attached hydrogens (tertiary/aromatic N) is 5. The van der Waals surface area contributed by atoms with Crippen molar-refractivity contribution in [3.05, 3.63) is 163 Å². The summed E-state index contributed by atoms with van der Waals surface area (Å²) in [7, 11) is 0. The van der Waals surface area contributed by atoms with Crippen LogP contribution in [0.3, 0.4) is 0 Å². The Kier molecular flexibility index (Phi) is 6.40. The molecule has 250 valence electrons. The summed E-state index contributed by atoms with van der Waals surface area (Å²) >= 11 is 1.82. The third kappa shape index (κ3) is 4.42. The Labute approximate surface area is 309 Å². The molecule has 0 atom stereocenters. The Morgan fingerprint density at radius 1 is 0.491 bits per heavy atom. The summed E-state index contributed by atoms with van der Waals surface area (Å²) in [5.74, 6) is 1.99. The lowest BCUT2D eigenvalue weighted by Gasteiger charge is -2.27. The van der Waals surface area contributed by atoms with Crippen molar-refractivity contribution in [1.82, 2.24) is 24.5 Å². The zero-order chi connectivity index (χ0) is 35.3. The summed E-state index contributed by atoms with van der Waals surface area (Å²) in [6, 6.07) is 51.4. The molecule has 0 saturated heterocycles. The predicted octanol–water partition coefficient (Wildman–Crippen LogP) is 12.0. The minimum atomic E-state index is -0.390. The van der Waals surface area contributed by atoms with Crippen LogP contribution in [0.4, 0.5) is 0 Å². The molecule has 53 heavy (non-hydrogen) atoms. The van der Waals surface area contributed by atoms with Crippen LogP contribution in [0.25, 0.3) is 93.1 Å². The summed E-state index contributed by atoms with van der Waals surface area (Å²) in [5, 5.41) is 4.81. The molecule has 1 aliphatic carbocycles. The van der Waals surface area contributed by atoms with Crippen LogP contribution < -0.4 is 0 Å². The molecular weight excluding hydrogens is 667 g/mol. The predicted molar refractivity (Wildman–Crippen MR) is 219 cm³/mol. The number of benzene rings is 6. The quantitative estimate of drug-likeness (QED) is 0.184. The van der Waals surface area contributed by atoms with Gasteiger partial charge in [-0.05, 0) is 70.8 Å². The van der Waals surface area contributed by atoms with E-state index in [1.165, 1.54) is 47.8 Å². The maximum absolute atomic E-state index is 5.30. The van der Waals surface area contributed by atoms with Crippen molar-refractivity contribution in [1.29, 1.82) is 0 Å². The van der Waals surface area contributed by atoms with Gasteiger partial charge < -0.3 is 0 Å². The van der Waals surface area contributed by atoms with Crippen LogP contribution in [0.5, 0.6) is 0 Å². The van der Waals surface area contributed by atoms with Crippen molar-refractivity contribution in [2.24, 2.45) is 0 Å². The van der Waals surface area contributed by atoms with E-state index in [0.29, 0.717) is 17.5 Å². The average molecular weight is 698 g/mol. The van der Waals surface area contributed by atoms with Gasteiger partial charge in [-0.25, -0.2) is 19.9 Å². The van der Waals surface area contributed by atoms with E-state index in [-0.39, 0.29) is 0 Å². The van der Waals surface area contributed by atoms with Gasteiger partial charge in [0.2, 0.25) is 0 Å². The van der Waals surface area contributed by atoms with Crippen LogP contribution in [-0.4, -0.2) is 24.5 Å². The molecule has 0 fully saturated rings. The third-order valence-electron chi connectivity index (χ3n) is 10.9. The van der Waals surface area contributed by atoms with Gasteiger partial charge in [-0.2, -0.15) is 0 Å². The largest absolute Gasteiger partial charge is 0.294 e. The molecule has 0 N–H and O–H groups in total. The van der Waals surface area contributed by atoms with Crippen molar-refractivity contribution in [3.63, 3.8) is 0 Å². The fourth-order valence-electron chi connectivity index (χ4n) is 8.62. The fraction of sp³-hybridized carbons (Fsp3) is 0.0638. The van der Waals surface area contributed by atoms with Gasteiger partial charge >= 0.3 is 0 Å². The minimum Gasteiger partial charge on any atom is -0.294 e. The van der Waals surface area contributed by atoms with Crippen LogP contribution in [0.2, 0.25) is 0 Å². The second-order valence-corrected chi connectivity index (χ2v) is 15.3. The van der Waals surface area contributed by atoms with Crippen molar-refractivity contribution in [2.45, 2.75) is 19.3 Å². The number of hydrogen-bond donors (Lipinski definition) is 0. The molecule has 0 amide bonds. The molecule has 0 unspecified atom stereocenters. The Morgan fingerprint density at radius 3 is 2.02 bits per heavy atom. The Bertz CT molecular complexity index is 3050. The maximum atomic E-state index is 5.30. The maximum Gasteiger partial charge on any atom is 0.164 e. The lowest BCUT2D eigenvalue weighted by Crippen LogP contribution is -2.19. The first kappa shape index (κ1) is 30.2. The van der Waals surface area contributed by atoms with Crippen LogP contribution in [0.15, 0.2) is 152 Å². The average Bonchev–Trinajstić information content (AvgIpc) is 3.83. The van der Waals surface area contributed by atoms with Crippen molar-refractivity contribution < 1.29 is 0 Å². The summed E-state index contributed by atoms with van der Waals surface area (Å²) in [4.78, 5) is 20.6. The third-order valence-corrected chi connectivity index (χ3v) is 12.0. The van der Waals surface area contributed by atoms with Crippen molar-refractivity contribution in [3.8, 4) is 51.0 Å². The highest BCUT2D eigenvalue weighted by Gasteiger charge is 2.41. The van der Waals surface area contributed by atoms with Gasteiger partial charge in [-0.1, -0.05) is 111 Å². The van der Waals surface area contributed by atoms with E-state index in [2.05, 4.69) is 140 Å². The van der Waals surface area contributed by atoms with Crippen LogP contribution >= 0.6 is 11.3 Å². The molecule has 6 heteroatoms. The first-order valence-electron chi connectivity index (χ1n) is 17.9. The van der Waals surface area contributed by atoms with Crippen LogP contribution in [0, 0.1) is 0 Å². The van der Waals surface area contributed by atoms with Gasteiger partial charge in [0.15, 0.2) is 17.5 Å². The molecular formula is C47H31N5S. The van der Waals surface area contributed by atoms with Gasteiger partial charge in [-0.15, -0.1) is 11.3 Å². The van der Waals surface area contributed by atoms with E-state index >= 15 is 0 Å². The van der Waals surface area contributed by atoms with Crippen LogP contribution in [-0.2, 0) is 5.41 Å². The van der Waals surface area contributed by atoms with E-state index in [9.17, 15) is 0 Å². The van der Waals surface area contributed by atoms with E-state index in [1.54, 1.807) is 0 Å². The van der Waals surface area contributed by atoms with Gasteiger partial charge in [0.25, 0.3) is 0 Å². The normalized spacial score (nSPS) is 13.2. The lowest BCUT2D eigenvalue weighted by atomic mass is 9.79. The molecule has 5 nitrogen and oxygen atoms in total. The first-order valence-corrected chi connectivity index (χ1v) is 18.7. The molecule has 0 bridgehead atoms. The van der Waals surface area contributed by atoms with Gasteiger partial charge in [-0.3, -0.25) is 4.57 Å². The lowest BCUT2D eigenvalue weighted by molar-refractivity contribution is 0.657. The number of rotatable bonds is 4. The van der Waals surface area contributed by atoms with Crippen molar-refractivity contribution in [2.75, 3.05) is 0 Å². The highest BCUT2D eigenvalue weighted by Crippen LogP contribution is 2.54. The Morgan fingerprint density at radius 2 is 1.15 bits per heavy atom. The standard InChI is InChI=1S/C47H31N5S/c1-47(2)41-32(33-18-11-22-38(42(33)47)52-37-21-8-6-15-30(37)34-20-12-26-48-46(34)52)17-10-19-35(41)45-50-43(28-13-4-3-5-14-28)49-44(51-45)29-24-25-40-36(27-29)31-16-7-9-23-39(31)53-40/h3-27H,1-2H3. The van der Waals surface area contributed by atoms with Gasteiger partial charge in [0.05, 0.1) is 11.2 Å². The number of para-hydroxylation sites is 1. The highest BCUT2D eigenvalue weighted by molar-refractivity contribution is 7.25. The smallest absolute Gasteiger partial charge is 0.164 e. The highest BCUT2D eigenvalue weighted by atomic mass is 32.1. The topological polar surface area (TPSA) is 56.5 Å². The second-order valence-electron chi connectivity index (χ2n) is 14.3. The number of fused-ring (bicyclic) bond motifs is 9. The van der Waals surface area contributed by atoms with E-state index in [1.807, 2.05) is 41.8 Å². The Hall–Kier alpha value is -6.50. The fourth-order valence-corrected chi connectivity index (χ4v) is 9.70. The van der Waals surface area contributed by atoms with E-state index in [4.69, 9.17) is 19.9 Å². The molecule has 4 aromatic heterocycles. The molecule has 1 aliphatic rings. The summed E-state index contributed by atoms with van der Waals surface area (Å²) in [6.07, 6.45) is 1.89. The molecule has 6 aromatic carbocycles. The molecule has 10 aromatic rings. The zero-order valence-electron chi connectivity index (χ0n) is 29.1. The minimum absolute atomic E-state index is 0.390. The number of aromatic nitrogens is 5. The number of pyridine rings is 1. The molecule has 4 heterocycles. The van der Waals surface area contributed by atoms with Gasteiger partial charge in [0, 0.05) is 59.2 Å². The molecule has 0 aliphatic heterocycles. The van der Waals surface area contributed by atoms with Crippen LogP contribution in [0.1, 0.15) is 25.0 Å². The first-order chi connectivity index (χ1) is 26.0.